The van der Waals surface area contributed by atoms with Crippen LogP contribution in [0.2, 0.25) is 0 Å². The van der Waals surface area contributed by atoms with Crippen LogP contribution in [0.5, 0.6) is 17.2 Å². The number of aliphatic hydroxyl groups excluding tert-OH is 1. The Morgan fingerprint density at radius 3 is 2.83 bits per heavy atom. The van der Waals surface area contributed by atoms with Crippen LogP contribution in [0.1, 0.15) is 12.5 Å². The third kappa shape index (κ3) is 3.86. The SMILES string of the molecule is CCOC(=O)C1=C(O)/C(=C\c2ccc3c(c2)OCO3)SC1=Nc1ccccc1OC. The molecule has 2 heterocycles. The van der Waals surface area contributed by atoms with E-state index in [2.05, 4.69) is 4.99 Å². The smallest absolute Gasteiger partial charge is 0.344 e. The lowest BCUT2D eigenvalue weighted by atomic mass is 10.1. The molecule has 0 aliphatic carbocycles. The molecule has 1 N–H and O–H groups in total. The molecule has 2 aliphatic rings. The number of benzene rings is 2. The van der Waals surface area contributed by atoms with Gasteiger partial charge >= 0.3 is 5.97 Å². The number of carbonyl (C=O) groups is 1. The zero-order valence-corrected chi connectivity index (χ0v) is 17.2. The lowest BCUT2D eigenvalue weighted by Gasteiger charge is -2.06. The quantitative estimate of drug-likeness (QED) is 0.700. The first-order valence-corrected chi connectivity index (χ1v) is 10.0. The van der Waals surface area contributed by atoms with E-state index in [1.165, 1.54) is 11.8 Å². The zero-order chi connectivity index (χ0) is 21.1. The van der Waals surface area contributed by atoms with Crippen LogP contribution < -0.4 is 14.2 Å². The van der Waals surface area contributed by atoms with E-state index in [1.807, 2.05) is 24.3 Å². The van der Waals surface area contributed by atoms with E-state index in [1.54, 1.807) is 38.3 Å². The molecule has 0 saturated carbocycles. The van der Waals surface area contributed by atoms with Gasteiger partial charge in [0.2, 0.25) is 6.79 Å². The lowest BCUT2D eigenvalue weighted by molar-refractivity contribution is -0.138. The monoisotopic (exact) mass is 425 g/mol. The van der Waals surface area contributed by atoms with E-state index >= 15 is 0 Å². The minimum Gasteiger partial charge on any atom is -0.506 e. The van der Waals surface area contributed by atoms with Crippen LogP contribution in [0.25, 0.3) is 6.08 Å². The number of esters is 1. The van der Waals surface area contributed by atoms with Gasteiger partial charge in [0.1, 0.15) is 27.8 Å². The third-order valence-electron chi connectivity index (χ3n) is 4.37. The van der Waals surface area contributed by atoms with Gasteiger partial charge in [0, 0.05) is 0 Å². The number of nitrogens with zero attached hydrogens (tertiary/aromatic N) is 1. The Hall–Kier alpha value is -3.39. The second kappa shape index (κ2) is 8.54. The molecule has 0 amide bonds. The van der Waals surface area contributed by atoms with Gasteiger partial charge in [-0.2, -0.15) is 0 Å². The Balaban J connectivity index is 1.75. The summed E-state index contributed by atoms with van der Waals surface area (Å²) in [7, 11) is 1.55. The van der Waals surface area contributed by atoms with Crippen LogP contribution in [0, 0.1) is 0 Å². The van der Waals surface area contributed by atoms with Crippen molar-refractivity contribution in [3.05, 3.63) is 64.3 Å². The van der Waals surface area contributed by atoms with Gasteiger partial charge in [-0.1, -0.05) is 30.0 Å². The van der Waals surface area contributed by atoms with Crippen molar-refractivity contribution in [3.63, 3.8) is 0 Å². The number of fused-ring (bicyclic) bond motifs is 1. The standard InChI is InChI=1S/C22H19NO6S/c1-3-27-22(25)19-20(24)18(11-13-8-9-16-17(10-13)29-12-28-16)30-21(19)23-14-6-4-5-7-15(14)26-2/h4-11,24H,3,12H2,1-2H3/b18-11+,23-21?. The molecule has 0 bridgehead atoms. The van der Waals surface area contributed by atoms with Crippen LogP contribution in [0.3, 0.4) is 0 Å². The molecule has 0 fully saturated rings. The molecule has 4 rings (SSSR count). The van der Waals surface area contributed by atoms with E-state index < -0.39 is 5.97 Å². The molecule has 0 saturated heterocycles. The van der Waals surface area contributed by atoms with Gasteiger partial charge in [0.25, 0.3) is 0 Å². The first-order valence-electron chi connectivity index (χ1n) is 9.22. The van der Waals surface area contributed by atoms with E-state index in [0.717, 1.165) is 5.56 Å². The predicted molar refractivity (Wildman–Crippen MR) is 115 cm³/mol. The molecule has 0 aromatic heterocycles. The number of para-hydroxylation sites is 2. The Labute approximate surface area is 177 Å². The van der Waals surface area contributed by atoms with Crippen molar-refractivity contribution < 1.29 is 28.8 Å². The maximum atomic E-state index is 12.5. The summed E-state index contributed by atoms with van der Waals surface area (Å²) in [6.07, 6.45) is 1.76. The van der Waals surface area contributed by atoms with Crippen LogP contribution >= 0.6 is 11.8 Å². The van der Waals surface area contributed by atoms with Crippen LogP contribution in [0.4, 0.5) is 5.69 Å². The molecule has 0 unspecified atom stereocenters. The van der Waals surface area contributed by atoms with Gasteiger partial charge in [-0.05, 0) is 42.8 Å². The summed E-state index contributed by atoms with van der Waals surface area (Å²) < 4.78 is 21.2. The summed E-state index contributed by atoms with van der Waals surface area (Å²) in [6, 6.07) is 12.6. The van der Waals surface area contributed by atoms with Crippen molar-refractivity contribution >= 4 is 34.5 Å². The maximum absolute atomic E-state index is 12.5. The normalized spacial score (nSPS) is 17.7. The number of carbonyl (C=O) groups excluding carboxylic acids is 1. The fourth-order valence-corrected chi connectivity index (χ4v) is 4.01. The summed E-state index contributed by atoms with van der Waals surface area (Å²) in [4.78, 5) is 17.6. The molecule has 2 aromatic carbocycles. The molecule has 7 nitrogen and oxygen atoms in total. The van der Waals surface area contributed by atoms with Crippen LogP contribution in [0.15, 0.2) is 63.7 Å². The van der Waals surface area contributed by atoms with Crippen LogP contribution in [-0.2, 0) is 9.53 Å². The number of hydrogen-bond donors (Lipinski definition) is 1. The van der Waals surface area contributed by atoms with Gasteiger partial charge < -0.3 is 24.1 Å². The fraction of sp³-hybridized carbons (Fsp3) is 0.182. The minimum atomic E-state index is -0.634. The van der Waals surface area contributed by atoms with Gasteiger partial charge in [-0.3, -0.25) is 0 Å². The zero-order valence-electron chi connectivity index (χ0n) is 16.4. The number of hydrogen-bond acceptors (Lipinski definition) is 8. The average molecular weight is 425 g/mol. The molecular formula is C22H19NO6S. The van der Waals surface area contributed by atoms with Gasteiger partial charge in [-0.15, -0.1) is 0 Å². The van der Waals surface area contributed by atoms with E-state index in [-0.39, 0.29) is 24.7 Å². The largest absolute Gasteiger partial charge is 0.506 e. The number of methoxy groups -OCH3 is 1. The molecule has 0 atom stereocenters. The molecule has 2 aromatic rings. The Morgan fingerprint density at radius 2 is 2.03 bits per heavy atom. The molecule has 2 aliphatic heterocycles. The topological polar surface area (TPSA) is 86.6 Å². The van der Waals surface area contributed by atoms with Crippen molar-refractivity contribution in [1.82, 2.24) is 0 Å². The highest BCUT2D eigenvalue weighted by Gasteiger charge is 2.33. The molecule has 0 radical (unpaired) electrons. The summed E-state index contributed by atoms with van der Waals surface area (Å²) in [5, 5.41) is 11.1. The highest BCUT2D eigenvalue weighted by molar-refractivity contribution is 8.18. The summed E-state index contributed by atoms with van der Waals surface area (Å²) >= 11 is 1.18. The number of aliphatic hydroxyl groups is 1. The summed E-state index contributed by atoms with van der Waals surface area (Å²) in [5.74, 6) is 1.04. The highest BCUT2D eigenvalue weighted by Crippen LogP contribution is 2.42. The first kappa shape index (κ1) is 19.9. The van der Waals surface area contributed by atoms with E-state index in [4.69, 9.17) is 18.9 Å². The van der Waals surface area contributed by atoms with E-state index in [9.17, 15) is 9.90 Å². The average Bonchev–Trinajstić information content (AvgIpc) is 3.33. The second-order valence-electron chi connectivity index (χ2n) is 6.26. The summed E-state index contributed by atoms with van der Waals surface area (Å²) in [5.41, 5.74) is 1.36. The first-order chi connectivity index (χ1) is 14.6. The van der Waals surface area contributed by atoms with Gasteiger partial charge in [-0.25, -0.2) is 9.79 Å². The Kier molecular flexibility index (Phi) is 5.67. The number of rotatable bonds is 5. The van der Waals surface area contributed by atoms with Gasteiger partial charge in [0.15, 0.2) is 11.5 Å². The maximum Gasteiger partial charge on any atom is 0.344 e. The van der Waals surface area contributed by atoms with Gasteiger partial charge in [0.05, 0.1) is 18.6 Å². The van der Waals surface area contributed by atoms with Crippen molar-refractivity contribution in [2.45, 2.75) is 6.92 Å². The highest BCUT2D eigenvalue weighted by atomic mass is 32.2. The van der Waals surface area contributed by atoms with Crippen molar-refractivity contribution in [3.8, 4) is 17.2 Å². The second-order valence-corrected chi connectivity index (χ2v) is 7.29. The lowest BCUT2D eigenvalue weighted by Crippen LogP contribution is -2.12. The molecule has 0 spiro atoms. The van der Waals surface area contributed by atoms with Crippen LogP contribution in [-0.4, -0.2) is 36.6 Å². The van der Waals surface area contributed by atoms with Crippen molar-refractivity contribution in [1.29, 1.82) is 0 Å². The van der Waals surface area contributed by atoms with E-state index in [0.29, 0.717) is 32.9 Å². The number of aliphatic imine (C=N–C) groups is 1. The van der Waals surface area contributed by atoms with Crippen molar-refractivity contribution in [2.75, 3.05) is 20.5 Å². The Bertz CT molecular complexity index is 1090. The molecule has 30 heavy (non-hydrogen) atoms. The number of ether oxygens (including phenoxy) is 4. The predicted octanol–water partition coefficient (Wildman–Crippen LogP) is 4.62. The van der Waals surface area contributed by atoms with Crippen molar-refractivity contribution in [2.24, 2.45) is 4.99 Å². The third-order valence-corrected chi connectivity index (χ3v) is 5.39. The fourth-order valence-electron chi connectivity index (χ4n) is 2.98. The molecular weight excluding hydrogens is 406 g/mol. The summed E-state index contributed by atoms with van der Waals surface area (Å²) in [6.45, 7) is 2.07. The Morgan fingerprint density at radius 1 is 1.23 bits per heavy atom. The minimum absolute atomic E-state index is 0.0275. The molecule has 154 valence electrons. The molecule has 8 heteroatoms. The number of thioether (sulfide) groups is 1.